The third-order valence-corrected chi connectivity index (χ3v) is 3.59. The first-order valence-corrected chi connectivity index (χ1v) is 7.52. The van der Waals surface area contributed by atoms with E-state index in [1.165, 1.54) is 0 Å². The lowest BCUT2D eigenvalue weighted by Crippen LogP contribution is -2.45. The van der Waals surface area contributed by atoms with Gasteiger partial charge in [0.15, 0.2) is 0 Å². The maximum absolute atomic E-state index is 12.1. The van der Waals surface area contributed by atoms with E-state index in [4.69, 9.17) is 5.11 Å². The van der Waals surface area contributed by atoms with Crippen LogP contribution in [0.25, 0.3) is 0 Å². The van der Waals surface area contributed by atoms with Crippen molar-refractivity contribution in [1.29, 1.82) is 0 Å². The molecule has 0 bridgehead atoms. The Morgan fingerprint density at radius 3 is 2.57 bits per heavy atom. The lowest BCUT2D eigenvalue weighted by Gasteiger charge is -2.18. The van der Waals surface area contributed by atoms with Gasteiger partial charge in [0.1, 0.15) is 6.04 Å². The number of aliphatic carboxylic acids is 1. The maximum atomic E-state index is 12.1. The quantitative estimate of drug-likeness (QED) is 0.814. The summed E-state index contributed by atoms with van der Waals surface area (Å²) < 4.78 is 1.89. The predicted octanol–water partition coefficient (Wildman–Crippen LogP) is 1.70. The van der Waals surface area contributed by atoms with Gasteiger partial charge in [0.05, 0.1) is 12.7 Å². The van der Waals surface area contributed by atoms with Crippen LogP contribution in [0.2, 0.25) is 0 Å². The molecule has 122 valence electrons. The smallest absolute Gasteiger partial charge is 0.326 e. The van der Waals surface area contributed by atoms with Crippen molar-refractivity contribution < 1.29 is 14.7 Å². The summed E-state index contributed by atoms with van der Waals surface area (Å²) in [6.45, 7) is 4.15. The number of carbonyl (C=O) groups excluding carboxylic acids is 1. The predicted molar refractivity (Wildman–Crippen MR) is 85.9 cm³/mol. The molecule has 2 rings (SSSR count). The number of hydrogen-bond acceptors (Lipinski definition) is 3. The van der Waals surface area contributed by atoms with Crippen LogP contribution in [-0.4, -0.2) is 32.6 Å². The minimum atomic E-state index is -1.02. The normalized spacial score (nSPS) is 12.1. The number of aromatic nitrogens is 2. The zero-order valence-electron chi connectivity index (χ0n) is 13.3. The Balaban J connectivity index is 2.02. The molecular weight excluding hydrogens is 294 g/mol. The van der Waals surface area contributed by atoms with Crippen LogP contribution < -0.4 is 5.32 Å². The van der Waals surface area contributed by atoms with Gasteiger partial charge in [0.25, 0.3) is 0 Å². The Hall–Kier alpha value is -2.63. The van der Waals surface area contributed by atoms with Crippen LogP contribution in [0.3, 0.4) is 0 Å². The molecule has 23 heavy (non-hydrogen) atoms. The monoisotopic (exact) mass is 315 g/mol. The minimum Gasteiger partial charge on any atom is -0.480 e. The van der Waals surface area contributed by atoms with E-state index in [0.29, 0.717) is 6.54 Å². The molecule has 0 spiro atoms. The van der Waals surface area contributed by atoms with E-state index < -0.39 is 12.0 Å². The number of amides is 1. The van der Waals surface area contributed by atoms with E-state index in [9.17, 15) is 9.59 Å². The number of rotatable bonds is 7. The van der Waals surface area contributed by atoms with Gasteiger partial charge in [0, 0.05) is 18.4 Å². The van der Waals surface area contributed by atoms with Crippen molar-refractivity contribution in [3.63, 3.8) is 0 Å². The van der Waals surface area contributed by atoms with Gasteiger partial charge in [-0.1, -0.05) is 44.2 Å². The Labute approximate surface area is 135 Å². The molecule has 6 heteroatoms. The van der Waals surface area contributed by atoms with Gasteiger partial charge >= 0.3 is 5.97 Å². The summed E-state index contributed by atoms with van der Waals surface area (Å²) >= 11 is 0. The molecule has 1 heterocycles. The topological polar surface area (TPSA) is 84.2 Å². The molecule has 0 saturated carbocycles. The standard InChI is InChI=1S/C17H21N3O3/c1-12(2)16(17(22)23)19-15(21)8-14-9-18-11-20(14)10-13-6-4-3-5-7-13/h3-7,9,11-12,16H,8,10H2,1-2H3,(H,19,21)(H,22,23)/t16-/m0/s1. The molecule has 1 atom stereocenters. The lowest BCUT2D eigenvalue weighted by atomic mass is 10.0. The lowest BCUT2D eigenvalue weighted by molar-refractivity contribution is -0.143. The number of benzene rings is 1. The highest BCUT2D eigenvalue weighted by Gasteiger charge is 2.23. The van der Waals surface area contributed by atoms with Crippen LogP contribution in [0.4, 0.5) is 0 Å². The SMILES string of the molecule is CC(C)[C@H](NC(=O)Cc1cncn1Cc1ccccc1)C(=O)O. The largest absolute Gasteiger partial charge is 0.480 e. The highest BCUT2D eigenvalue weighted by Crippen LogP contribution is 2.08. The van der Waals surface area contributed by atoms with Crippen LogP contribution in [0.5, 0.6) is 0 Å². The minimum absolute atomic E-state index is 0.101. The molecule has 0 saturated heterocycles. The highest BCUT2D eigenvalue weighted by atomic mass is 16.4. The van der Waals surface area contributed by atoms with Crippen molar-refractivity contribution in [2.24, 2.45) is 5.92 Å². The highest BCUT2D eigenvalue weighted by molar-refractivity contribution is 5.84. The van der Waals surface area contributed by atoms with Gasteiger partial charge in [-0.15, -0.1) is 0 Å². The van der Waals surface area contributed by atoms with Crippen molar-refractivity contribution in [3.8, 4) is 0 Å². The summed E-state index contributed by atoms with van der Waals surface area (Å²) in [5, 5.41) is 11.7. The molecule has 6 nitrogen and oxygen atoms in total. The van der Waals surface area contributed by atoms with Crippen LogP contribution in [0.15, 0.2) is 42.9 Å². The van der Waals surface area contributed by atoms with Gasteiger partial charge in [0.2, 0.25) is 5.91 Å². The number of carbonyl (C=O) groups is 2. The molecule has 1 amide bonds. The molecule has 1 aromatic heterocycles. The number of nitrogens with zero attached hydrogens (tertiary/aromatic N) is 2. The second kappa shape index (κ2) is 7.58. The Morgan fingerprint density at radius 2 is 1.96 bits per heavy atom. The summed E-state index contributed by atoms with van der Waals surface area (Å²) in [4.78, 5) is 27.4. The van der Waals surface area contributed by atoms with Crippen molar-refractivity contribution in [3.05, 3.63) is 54.1 Å². The molecule has 0 radical (unpaired) electrons. The van der Waals surface area contributed by atoms with Crippen molar-refractivity contribution in [1.82, 2.24) is 14.9 Å². The second-order valence-electron chi connectivity index (χ2n) is 5.80. The maximum Gasteiger partial charge on any atom is 0.326 e. The summed E-state index contributed by atoms with van der Waals surface area (Å²) in [6.07, 6.45) is 3.41. The average Bonchev–Trinajstić information content (AvgIpc) is 2.92. The second-order valence-corrected chi connectivity index (χ2v) is 5.80. The van der Waals surface area contributed by atoms with E-state index in [1.807, 2.05) is 34.9 Å². The number of carboxylic acid groups (broad SMARTS) is 1. The fraction of sp³-hybridized carbons (Fsp3) is 0.353. The third-order valence-electron chi connectivity index (χ3n) is 3.59. The number of hydrogen-bond donors (Lipinski definition) is 2. The van der Waals surface area contributed by atoms with Crippen LogP contribution in [-0.2, 0) is 22.6 Å². The fourth-order valence-corrected chi connectivity index (χ4v) is 2.32. The fourth-order valence-electron chi connectivity index (χ4n) is 2.32. The molecule has 0 unspecified atom stereocenters. The zero-order valence-corrected chi connectivity index (χ0v) is 13.3. The molecule has 1 aromatic carbocycles. The van der Waals surface area contributed by atoms with Crippen LogP contribution in [0, 0.1) is 5.92 Å². The summed E-state index contributed by atoms with van der Waals surface area (Å²) in [5.74, 6) is -1.52. The summed E-state index contributed by atoms with van der Waals surface area (Å²) in [6, 6.07) is 8.99. The first-order chi connectivity index (χ1) is 11.0. The number of nitrogens with one attached hydrogen (secondary N) is 1. The van der Waals surface area contributed by atoms with Crippen LogP contribution >= 0.6 is 0 Å². The zero-order chi connectivity index (χ0) is 16.8. The van der Waals surface area contributed by atoms with Crippen molar-refractivity contribution in [2.45, 2.75) is 32.9 Å². The van der Waals surface area contributed by atoms with Crippen molar-refractivity contribution in [2.75, 3.05) is 0 Å². The Bertz CT molecular complexity index is 665. The molecule has 2 N–H and O–H groups in total. The van der Waals surface area contributed by atoms with E-state index in [-0.39, 0.29) is 18.2 Å². The summed E-state index contributed by atoms with van der Waals surface area (Å²) in [7, 11) is 0. The number of imidazole rings is 1. The Kier molecular flexibility index (Phi) is 5.51. The molecule has 0 aliphatic rings. The van der Waals surface area contributed by atoms with E-state index in [0.717, 1.165) is 11.3 Å². The van der Waals surface area contributed by atoms with E-state index in [2.05, 4.69) is 10.3 Å². The third kappa shape index (κ3) is 4.67. The molecule has 0 fully saturated rings. The molecule has 0 aliphatic carbocycles. The molecule has 0 aliphatic heterocycles. The van der Waals surface area contributed by atoms with Gasteiger partial charge in [-0.3, -0.25) is 4.79 Å². The average molecular weight is 315 g/mol. The van der Waals surface area contributed by atoms with Crippen molar-refractivity contribution >= 4 is 11.9 Å². The van der Waals surface area contributed by atoms with E-state index >= 15 is 0 Å². The first kappa shape index (κ1) is 16.7. The van der Waals surface area contributed by atoms with Gasteiger partial charge in [-0.25, -0.2) is 9.78 Å². The van der Waals surface area contributed by atoms with Gasteiger partial charge in [-0.05, 0) is 11.5 Å². The molecule has 2 aromatic rings. The first-order valence-electron chi connectivity index (χ1n) is 7.52. The van der Waals surface area contributed by atoms with Crippen LogP contribution in [0.1, 0.15) is 25.1 Å². The molecular formula is C17H21N3O3. The Morgan fingerprint density at radius 1 is 1.26 bits per heavy atom. The van der Waals surface area contributed by atoms with Gasteiger partial charge in [-0.2, -0.15) is 0 Å². The summed E-state index contributed by atoms with van der Waals surface area (Å²) in [5.41, 5.74) is 1.86. The number of carboxylic acids is 1. The van der Waals surface area contributed by atoms with Gasteiger partial charge < -0.3 is 15.0 Å². The van der Waals surface area contributed by atoms with E-state index in [1.54, 1.807) is 26.4 Å².